The molecule has 1 heterocycles. The van der Waals surface area contributed by atoms with Crippen LogP contribution in [0.3, 0.4) is 0 Å². The zero-order chi connectivity index (χ0) is 29.8. The maximum absolute atomic E-state index is 14.5. The first-order chi connectivity index (χ1) is 20.3. The average Bonchev–Trinajstić information content (AvgIpc) is 3.00. The number of carbonyl (C=O) groups excluding carboxylic acids is 1. The molecule has 1 amide bonds. The molecule has 5 aromatic rings. The van der Waals surface area contributed by atoms with Gasteiger partial charge in [-0.25, -0.2) is 4.39 Å². The number of H-pyrrole nitrogens is 1. The summed E-state index contributed by atoms with van der Waals surface area (Å²) < 4.78 is 30.8. The molecule has 8 nitrogen and oxygen atoms in total. The predicted octanol–water partition coefficient (Wildman–Crippen LogP) is 5.77. The molecule has 0 saturated heterocycles. The summed E-state index contributed by atoms with van der Waals surface area (Å²) in [6, 6.07) is 20.7. The molecule has 0 fully saturated rings. The van der Waals surface area contributed by atoms with Gasteiger partial charge in [-0.2, -0.15) is 0 Å². The normalized spacial score (nSPS) is 11.2. The van der Waals surface area contributed by atoms with Gasteiger partial charge in [-0.3, -0.25) is 9.59 Å². The lowest BCUT2D eigenvalue weighted by Gasteiger charge is -2.18. The van der Waals surface area contributed by atoms with E-state index in [1.54, 1.807) is 38.5 Å². The van der Waals surface area contributed by atoms with Gasteiger partial charge in [-0.05, 0) is 73.1 Å². The first kappa shape index (κ1) is 28.6. The highest BCUT2D eigenvalue weighted by Crippen LogP contribution is 2.29. The lowest BCUT2D eigenvalue weighted by Crippen LogP contribution is -2.21. The van der Waals surface area contributed by atoms with E-state index in [1.165, 1.54) is 19.2 Å². The van der Waals surface area contributed by atoms with Crippen LogP contribution in [0.25, 0.3) is 21.8 Å². The number of anilines is 1. The van der Waals surface area contributed by atoms with Gasteiger partial charge in [0.15, 0.2) is 16.9 Å². The van der Waals surface area contributed by atoms with Crippen LogP contribution in [-0.4, -0.2) is 50.7 Å². The largest absolute Gasteiger partial charge is 0.495 e. The molecule has 0 bridgehead atoms. The number of methoxy groups -OCH3 is 3. The van der Waals surface area contributed by atoms with Crippen LogP contribution in [0.5, 0.6) is 17.2 Å². The number of hydrogen-bond donors (Lipinski definition) is 2. The Bertz CT molecular complexity index is 1840. The molecule has 0 aliphatic carbocycles. The van der Waals surface area contributed by atoms with Crippen molar-refractivity contribution in [1.29, 1.82) is 0 Å². The predicted molar refractivity (Wildman–Crippen MR) is 163 cm³/mol. The number of carbonyl (C=O) groups is 1. The Morgan fingerprint density at radius 2 is 1.50 bits per heavy atom. The monoisotopic (exact) mass is 569 g/mol. The van der Waals surface area contributed by atoms with Crippen molar-refractivity contribution in [2.45, 2.75) is 13.0 Å². The molecule has 0 aliphatic rings. The maximum atomic E-state index is 14.5. The Morgan fingerprint density at radius 1 is 0.833 bits per heavy atom. The van der Waals surface area contributed by atoms with E-state index in [0.29, 0.717) is 34.9 Å². The molecule has 9 heteroatoms. The van der Waals surface area contributed by atoms with Crippen molar-refractivity contribution in [3.05, 3.63) is 106 Å². The van der Waals surface area contributed by atoms with Crippen molar-refractivity contribution >= 4 is 33.4 Å². The van der Waals surface area contributed by atoms with Crippen LogP contribution >= 0.6 is 0 Å². The first-order valence-electron chi connectivity index (χ1n) is 13.4. The lowest BCUT2D eigenvalue weighted by molar-refractivity contribution is 0.102. The number of hydrogen-bond acceptors (Lipinski definition) is 6. The fraction of sp³-hybridized carbons (Fsp3) is 0.212. The molecular weight excluding hydrogens is 537 g/mol. The van der Waals surface area contributed by atoms with Crippen LogP contribution in [0.4, 0.5) is 10.1 Å². The molecule has 1 aromatic heterocycles. The van der Waals surface area contributed by atoms with Crippen molar-refractivity contribution in [2.75, 3.05) is 40.2 Å². The summed E-state index contributed by atoms with van der Waals surface area (Å²) in [5, 5.41) is 3.46. The lowest BCUT2D eigenvalue weighted by atomic mass is 10.0. The number of likely N-dealkylation sites (N-methyl/N-ethyl adjacent to an activating group) is 1. The SMILES string of the molecule is COc1ccc(CCN(C)Cc2ccc(OC)c(OC)c2)cc1NC(=O)c1cccc2c(=O)c3cccc(F)c3[nH]c12. The minimum atomic E-state index is -0.563. The quantitative estimate of drug-likeness (QED) is 0.208. The molecule has 0 atom stereocenters. The minimum absolute atomic E-state index is 0.0621. The summed E-state index contributed by atoms with van der Waals surface area (Å²) in [5.74, 6) is 0.857. The highest BCUT2D eigenvalue weighted by Gasteiger charge is 2.17. The molecule has 0 spiro atoms. The Morgan fingerprint density at radius 3 is 2.24 bits per heavy atom. The number of nitrogens with one attached hydrogen (secondary N) is 2. The van der Waals surface area contributed by atoms with E-state index in [1.807, 2.05) is 43.4 Å². The van der Waals surface area contributed by atoms with Gasteiger partial charge < -0.3 is 29.4 Å². The zero-order valence-electron chi connectivity index (χ0n) is 23.9. The van der Waals surface area contributed by atoms with E-state index in [4.69, 9.17) is 14.2 Å². The van der Waals surface area contributed by atoms with Crippen LogP contribution in [0.2, 0.25) is 0 Å². The van der Waals surface area contributed by atoms with Gasteiger partial charge in [-0.1, -0.05) is 24.3 Å². The number of aromatic nitrogens is 1. The number of ether oxygens (including phenoxy) is 3. The third-order valence-electron chi connectivity index (χ3n) is 7.26. The number of para-hydroxylation sites is 2. The van der Waals surface area contributed by atoms with Crippen molar-refractivity contribution in [3.63, 3.8) is 0 Å². The third-order valence-corrected chi connectivity index (χ3v) is 7.26. The summed E-state index contributed by atoms with van der Waals surface area (Å²) in [5.41, 5.74) is 2.80. The van der Waals surface area contributed by atoms with Crippen molar-refractivity contribution in [1.82, 2.24) is 9.88 Å². The van der Waals surface area contributed by atoms with Gasteiger partial charge in [0.1, 0.15) is 11.6 Å². The van der Waals surface area contributed by atoms with Crippen molar-refractivity contribution in [2.24, 2.45) is 0 Å². The van der Waals surface area contributed by atoms with E-state index < -0.39 is 11.7 Å². The van der Waals surface area contributed by atoms with Crippen LogP contribution in [0, 0.1) is 5.82 Å². The van der Waals surface area contributed by atoms with Crippen LogP contribution in [-0.2, 0) is 13.0 Å². The highest BCUT2D eigenvalue weighted by atomic mass is 19.1. The molecule has 0 aliphatic heterocycles. The number of aromatic amines is 1. The summed E-state index contributed by atoms with van der Waals surface area (Å²) in [4.78, 5) is 31.7. The summed E-state index contributed by atoms with van der Waals surface area (Å²) in [6.07, 6.45) is 0.726. The molecular formula is C33H32FN3O5. The first-order valence-corrected chi connectivity index (χ1v) is 13.4. The number of amides is 1. The smallest absolute Gasteiger partial charge is 0.257 e. The second-order valence-corrected chi connectivity index (χ2v) is 10.0. The third kappa shape index (κ3) is 5.77. The van der Waals surface area contributed by atoms with E-state index in [-0.39, 0.29) is 27.4 Å². The average molecular weight is 570 g/mol. The van der Waals surface area contributed by atoms with Gasteiger partial charge in [0.2, 0.25) is 0 Å². The molecule has 0 unspecified atom stereocenters. The summed E-state index contributed by atoms with van der Waals surface area (Å²) in [7, 11) is 6.80. The van der Waals surface area contributed by atoms with Crippen LogP contribution in [0.15, 0.2) is 77.6 Å². The molecule has 4 aromatic carbocycles. The Kier molecular flexibility index (Phi) is 8.40. The minimum Gasteiger partial charge on any atom is -0.495 e. The second kappa shape index (κ2) is 12.3. The second-order valence-electron chi connectivity index (χ2n) is 10.0. The van der Waals surface area contributed by atoms with Gasteiger partial charge in [0.05, 0.1) is 43.6 Å². The van der Waals surface area contributed by atoms with Gasteiger partial charge in [0.25, 0.3) is 5.91 Å². The molecule has 5 rings (SSSR count). The Labute approximate surface area is 242 Å². The topological polar surface area (TPSA) is 92.9 Å². The highest BCUT2D eigenvalue weighted by molar-refractivity contribution is 6.13. The van der Waals surface area contributed by atoms with E-state index in [9.17, 15) is 14.0 Å². The molecule has 0 saturated carbocycles. The number of halogens is 1. The van der Waals surface area contributed by atoms with Crippen LogP contribution < -0.4 is 25.0 Å². The molecule has 216 valence electrons. The number of nitrogens with zero attached hydrogens (tertiary/aromatic N) is 1. The fourth-order valence-electron chi connectivity index (χ4n) is 5.06. The number of fused-ring (bicyclic) bond motifs is 2. The zero-order valence-corrected chi connectivity index (χ0v) is 23.9. The van der Waals surface area contributed by atoms with Crippen molar-refractivity contribution < 1.29 is 23.4 Å². The molecule has 2 N–H and O–H groups in total. The standard InChI is InChI=1S/C33H32FN3O5/c1-37(19-21-12-14-28(41-3)29(18-21)42-4)16-15-20-11-13-27(40-2)26(17-20)35-33(39)24-9-5-7-22-30(24)36-31-23(32(22)38)8-6-10-25(31)34/h5-14,17-18H,15-16,19H2,1-4H3,(H,35,39)(H,36,38). The van der Waals surface area contributed by atoms with Gasteiger partial charge in [-0.15, -0.1) is 0 Å². The van der Waals surface area contributed by atoms with Gasteiger partial charge >= 0.3 is 0 Å². The summed E-state index contributed by atoms with van der Waals surface area (Å²) in [6.45, 7) is 1.48. The van der Waals surface area contributed by atoms with E-state index in [2.05, 4.69) is 15.2 Å². The Hall–Kier alpha value is -4.89. The number of pyridine rings is 1. The van der Waals surface area contributed by atoms with Crippen LogP contribution in [0.1, 0.15) is 21.5 Å². The summed E-state index contributed by atoms with van der Waals surface area (Å²) >= 11 is 0. The van der Waals surface area contributed by atoms with Crippen molar-refractivity contribution in [3.8, 4) is 17.2 Å². The fourth-order valence-corrected chi connectivity index (χ4v) is 5.06. The maximum Gasteiger partial charge on any atom is 0.257 e. The molecule has 42 heavy (non-hydrogen) atoms. The van der Waals surface area contributed by atoms with E-state index >= 15 is 0 Å². The Balaban J connectivity index is 1.35. The number of rotatable bonds is 10. The number of benzene rings is 4. The molecule has 0 radical (unpaired) electrons. The van der Waals surface area contributed by atoms with Gasteiger partial charge in [0, 0.05) is 23.9 Å². The van der Waals surface area contributed by atoms with E-state index in [0.717, 1.165) is 24.1 Å².